The van der Waals surface area contributed by atoms with E-state index in [4.69, 9.17) is 0 Å². The van der Waals surface area contributed by atoms with Crippen molar-refractivity contribution in [2.24, 2.45) is 0 Å². The highest BCUT2D eigenvalue weighted by Gasteiger charge is 2.21. The van der Waals surface area contributed by atoms with Crippen LogP contribution in [0.2, 0.25) is 0 Å². The molecule has 0 unspecified atom stereocenters. The molecular weight excluding hydrogens is 412 g/mol. The van der Waals surface area contributed by atoms with Crippen LogP contribution in [0.25, 0.3) is 0 Å². The predicted octanol–water partition coefficient (Wildman–Crippen LogP) is 2.99. The summed E-state index contributed by atoms with van der Waals surface area (Å²) in [5, 5.41) is 6.24. The van der Waals surface area contributed by atoms with Gasteiger partial charge in [-0.25, -0.2) is 8.42 Å². The number of nitrogens with zero attached hydrogens (tertiary/aromatic N) is 1. The van der Waals surface area contributed by atoms with E-state index >= 15 is 0 Å². The summed E-state index contributed by atoms with van der Waals surface area (Å²) in [6.07, 6.45) is 1.66. The Morgan fingerprint density at radius 2 is 1.77 bits per heavy atom. The molecule has 0 aromatic heterocycles. The summed E-state index contributed by atoms with van der Waals surface area (Å²) in [7, 11) is -3.79. The Balaban J connectivity index is 1.95. The van der Waals surface area contributed by atoms with Crippen LogP contribution >= 0.6 is 0 Å². The van der Waals surface area contributed by atoms with Crippen molar-refractivity contribution in [1.29, 1.82) is 0 Å². The first kappa shape index (κ1) is 23.1. The summed E-state index contributed by atoms with van der Waals surface area (Å²) >= 11 is 0. The van der Waals surface area contributed by atoms with E-state index in [1.165, 1.54) is 0 Å². The minimum Gasteiger partial charge on any atom is -0.367 e. The lowest BCUT2D eigenvalue weighted by Crippen LogP contribution is -2.43. The maximum atomic E-state index is 13.1. The van der Waals surface area contributed by atoms with Crippen molar-refractivity contribution in [2.75, 3.05) is 35.8 Å². The number of rotatable bonds is 8. The Morgan fingerprint density at radius 1 is 1.10 bits per heavy atom. The van der Waals surface area contributed by atoms with Crippen molar-refractivity contribution in [3.05, 3.63) is 53.6 Å². The fraction of sp³-hybridized carbons (Fsp3) is 0.435. The monoisotopic (exact) mass is 444 g/mol. The van der Waals surface area contributed by atoms with Crippen LogP contribution in [0.4, 0.5) is 11.4 Å². The van der Waals surface area contributed by atoms with Crippen LogP contribution in [-0.2, 0) is 16.4 Å². The number of hydrogen-bond donors (Lipinski definition) is 3. The number of carbonyl (C=O) groups is 1. The molecule has 0 aliphatic carbocycles. The van der Waals surface area contributed by atoms with Crippen molar-refractivity contribution >= 4 is 27.3 Å². The third-order valence-electron chi connectivity index (χ3n) is 5.59. The van der Waals surface area contributed by atoms with E-state index in [2.05, 4.69) is 20.3 Å². The molecule has 168 valence electrons. The molecule has 0 radical (unpaired) electrons. The molecule has 1 atom stereocenters. The predicted molar refractivity (Wildman–Crippen MR) is 125 cm³/mol. The molecule has 0 saturated carbocycles. The molecule has 1 saturated heterocycles. The quantitative estimate of drug-likeness (QED) is 0.582. The molecule has 2 aromatic carbocycles. The highest BCUT2D eigenvalue weighted by Crippen LogP contribution is 2.30. The standard InChI is InChI=1S/C23H32N4O3S/c1-4-17(3)25-23(28)19-8-11-22(27-14-12-24-13-15-27)21(16-19)26-31(29,30)20-9-6-18(5-2)7-10-20/h6-11,16-17,24,26H,4-5,12-15H2,1-3H3,(H,25,28)/t17-/m0/s1. The van der Waals surface area contributed by atoms with Gasteiger partial charge in [0, 0.05) is 37.8 Å². The highest BCUT2D eigenvalue weighted by atomic mass is 32.2. The molecular formula is C23H32N4O3S. The molecule has 31 heavy (non-hydrogen) atoms. The van der Waals surface area contributed by atoms with Gasteiger partial charge in [0.2, 0.25) is 0 Å². The highest BCUT2D eigenvalue weighted by molar-refractivity contribution is 7.92. The topological polar surface area (TPSA) is 90.5 Å². The van der Waals surface area contributed by atoms with E-state index in [1.54, 1.807) is 24.3 Å². The summed E-state index contributed by atoms with van der Waals surface area (Å²) in [4.78, 5) is 15.0. The first-order valence-corrected chi connectivity index (χ1v) is 12.3. The van der Waals surface area contributed by atoms with E-state index < -0.39 is 10.0 Å². The molecule has 1 aliphatic heterocycles. The van der Waals surface area contributed by atoms with Crippen molar-refractivity contribution in [3.63, 3.8) is 0 Å². The second kappa shape index (κ2) is 10.2. The van der Waals surface area contributed by atoms with Crippen LogP contribution in [0, 0.1) is 0 Å². The van der Waals surface area contributed by atoms with Gasteiger partial charge in [0.25, 0.3) is 15.9 Å². The summed E-state index contributed by atoms with van der Waals surface area (Å²) in [5.41, 5.74) is 2.69. The zero-order chi connectivity index (χ0) is 22.4. The molecule has 8 heteroatoms. The second-order valence-electron chi connectivity index (χ2n) is 7.85. The fourth-order valence-corrected chi connectivity index (χ4v) is 4.52. The first-order chi connectivity index (χ1) is 14.8. The third-order valence-corrected chi connectivity index (χ3v) is 6.97. The molecule has 0 spiro atoms. The van der Waals surface area contributed by atoms with Crippen LogP contribution in [0.1, 0.15) is 43.1 Å². The lowest BCUT2D eigenvalue weighted by atomic mass is 10.1. The second-order valence-corrected chi connectivity index (χ2v) is 9.54. The normalized spacial score (nSPS) is 15.4. The zero-order valence-electron chi connectivity index (χ0n) is 18.4. The summed E-state index contributed by atoms with van der Waals surface area (Å²) in [6, 6.07) is 12.1. The molecule has 1 aliphatic rings. The number of amides is 1. The van der Waals surface area contributed by atoms with E-state index in [-0.39, 0.29) is 16.8 Å². The maximum Gasteiger partial charge on any atom is 0.261 e. The van der Waals surface area contributed by atoms with Crippen molar-refractivity contribution in [1.82, 2.24) is 10.6 Å². The van der Waals surface area contributed by atoms with Crippen LogP contribution < -0.4 is 20.3 Å². The van der Waals surface area contributed by atoms with Gasteiger partial charge in [0.15, 0.2) is 0 Å². The van der Waals surface area contributed by atoms with Gasteiger partial charge >= 0.3 is 0 Å². The number of piperazine rings is 1. The lowest BCUT2D eigenvalue weighted by Gasteiger charge is -2.31. The van der Waals surface area contributed by atoms with Crippen molar-refractivity contribution in [3.8, 4) is 0 Å². The number of sulfonamides is 1. The molecule has 1 heterocycles. The number of hydrogen-bond acceptors (Lipinski definition) is 5. The van der Waals surface area contributed by atoms with Gasteiger partial charge in [-0.15, -0.1) is 0 Å². The Kier molecular flexibility index (Phi) is 7.56. The Morgan fingerprint density at radius 3 is 2.39 bits per heavy atom. The largest absolute Gasteiger partial charge is 0.367 e. The molecule has 2 aromatic rings. The molecule has 1 amide bonds. The van der Waals surface area contributed by atoms with Gasteiger partial charge in [-0.05, 0) is 55.7 Å². The van der Waals surface area contributed by atoms with Gasteiger partial charge in [-0.2, -0.15) is 0 Å². The average molecular weight is 445 g/mol. The van der Waals surface area contributed by atoms with E-state index in [1.807, 2.05) is 39.0 Å². The first-order valence-electron chi connectivity index (χ1n) is 10.9. The summed E-state index contributed by atoms with van der Waals surface area (Å²) in [5.74, 6) is -0.214. The zero-order valence-corrected chi connectivity index (χ0v) is 19.3. The van der Waals surface area contributed by atoms with Crippen LogP contribution in [-0.4, -0.2) is 46.5 Å². The van der Waals surface area contributed by atoms with Crippen molar-refractivity contribution < 1.29 is 13.2 Å². The van der Waals surface area contributed by atoms with Crippen LogP contribution in [0.15, 0.2) is 47.4 Å². The van der Waals surface area contributed by atoms with Gasteiger partial charge in [-0.3, -0.25) is 9.52 Å². The van der Waals surface area contributed by atoms with E-state index in [9.17, 15) is 13.2 Å². The third kappa shape index (κ3) is 5.77. The molecule has 3 rings (SSSR count). The molecule has 0 bridgehead atoms. The lowest BCUT2D eigenvalue weighted by molar-refractivity contribution is 0.0939. The number of benzene rings is 2. The van der Waals surface area contributed by atoms with Gasteiger partial charge in [0.05, 0.1) is 16.3 Å². The Labute approximate surface area is 185 Å². The van der Waals surface area contributed by atoms with E-state index in [0.29, 0.717) is 11.3 Å². The van der Waals surface area contributed by atoms with Gasteiger partial charge in [0.1, 0.15) is 0 Å². The van der Waals surface area contributed by atoms with E-state index in [0.717, 1.165) is 50.3 Å². The van der Waals surface area contributed by atoms with Crippen LogP contribution in [0.5, 0.6) is 0 Å². The maximum absolute atomic E-state index is 13.1. The fourth-order valence-electron chi connectivity index (χ4n) is 3.46. The summed E-state index contributed by atoms with van der Waals surface area (Å²) < 4.78 is 28.9. The number of aryl methyl sites for hydroxylation is 1. The molecule has 1 fully saturated rings. The number of carbonyl (C=O) groups excluding carboxylic acids is 1. The number of anilines is 2. The summed E-state index contributed by atoms with van der Waals surface area (Å²) in [6.45, 7) is 9.13. The minimum absolute atomic E-state index is 0.0394. The van der Waals surface area contributed by atoms with Crippen LogP contribution in [0.3, 0.4) is 0 Å². The Hall–Kier alpha value is -2.58. The SMILES string of the molecule is CCc1ccc(S(=O)(=O)Nc2cc(C(=O)N[C@@H](C)CC)ccc2N2CCNCC2)cc1. The van der Waals surface area contributed by atoms with Crippen molar-refractivity contribution in [2.45, 2.75) is 44.6 Å². The minimum atomic E-state index is -3.79. The molecule has 7 nitrogen and oxygen atoms in total. The number of nitrogens with one attached hydrogen (secondary N) is 3. The molecule has 3 N–H and O–H groups in total. The smallest absolute Gasteiger partial charge is 0.261 e. The Bertz CT molecular complexity index is 1000. The van der Waals surface area contributed by atoms with Gasteiger partial charge < -0.3 is 15.5 Å². The average Bonchev–Trinajstić information content (AvgIpc) is 2.79. The van der Waals surface area contributed by atoms with Gasteiger partial charge in [-0.1, -0.05) is 26.0 Å².